The van der Waals surface area contributed by atoms with Gasteiger partial charge in [0.2, 0.25) is 0 Å². The number of carbonyl (C=O) groups excluding carboxylic acids is 1. The second-order valence-electron chi connectivity index (χ2n) is 5.98. The molecule has 0 bridgehead atoms. The molecule has 7 nitrogen and oxygen atoms in total. The topological polar surface area (TPSA) is 75.1 Å². The van der Waals surface area contributed by atoms with Gasteiger partial charge in [0.25, 0.3) is 5.91 Å². The van der Waals surface area contributed by atoms with E-state index in [0.29, 0.717) is 23.7 Å². The fourth-order valence-corrected chi connectivity index (χ4v) is 3.14. The highest BCUT2D eigenvalue weighted by Crippen LogP contribution is 2.17. The molecule has 9 heteroatoms. The molecule has 1 fully saturated rings. The van der Waals surface area contributed by atoms with Crippen LogP contribution in [-0.2, 0) is 6.42 Å². The highest BCUT2D eigenvalue weighted by molar-refractivity contribution is 6.30. The van der Waals surface area contributed by atoms with Gasteiger partial charge in [-0.05, 0) is 24.6 Å². The van der Waals surface area contributed by atoms with Crippen molar-refractivity contribution in [1.82, 2.24) is 30.5 Å². The molecular weight excluding hydrogens is 375 g/mol. The van der Waals surface area contributed by atoms with Crippen molar-refractivity contribution in [3.8, 4) is 5.69 Å². The summed E-state index contributed by atoms with van der Waals surface area (Å²) < 4.78 is 1.68. The molecule has 142 valence electrons. The van der Waals surface area contributed by atoms with E-state index in [2.05, 4.69) is 25.8 Å². The van der Waals surface area contributed by atoms with Gasteiger partial charge in [-0.25, -0.2) is 4.68 Å². The number of nitrogens with zero attached hydrogens (tertiary/aromatic N) is 4. The number of halogens is 2. The van der Waals surface area contributed by atoms with Crippen LogP contribution < -0.4 is 10.6 Å². The second kappa shape index (κ2) is 9.87. The van der Waals surface area contributed by atoms with E-state index >= 15 is 0 Å². The Morgan fingerprint density at radius 3 is 2.81 bits per heavy atom. The van der Waals surface area contributed by atoms with E-state index in [1.165, 1.54) is 0 Å². The van der Waals surface area contributed by atoms with Crippen LogP contribution in [0.4, 0.5) is 0 Å². The molecule has 26 heavy (non-hydrogen) atoms. The molecule has 0 saturated carbocycles. The third-order valence-corrected chi connectivity index (χ3v) is 4.52. The van der Waals surface area contributed by atoms with Crippen LogP contribution in [0.3, 0.4) is 0 Å². The minimum atomic E-state index is -0.180. The van der Waals surface area contributed by atoms with Gasteiger partial charge in [-0.3, -0.25) is 9.69 Å². The van der Waals surface area contributed by atoms with Gasteiger partial charge in [-0.1, -0.05) is 29.8 Å². The zero-order valence-corrected chi connectivity index (χ0v) is 16.3. The minimum Gasteiger partial charge on any atom is -0.349 e. The third-order valence-electron chi connectivity index (χ3n) is 4.29. The SMILES string of the molecule is CCc1c(C(=O)NCCN2CCNCC2)nnn1-c1cccc(Cl)c1.Cl. The molecule has 1 saturated heterocycles. The van der Waals surface area contributed by atoms with Crippen molar-refractivity contribution in [1.29, 1.82) is 0 Å². The number of aromatic nitrogens is 3. The standard InChI is InChI=1S/C17H23ClN6O.ClH/c1-2-15-16(17(25)20-8-11-23-9-6-19-7-10-23)21-22-24(15)14-5-3-4-13(18)12-14;/h3-5,12,19H,2,6-11H2,1H3,(H,20,25);1H. The van der Waals surface area contributed by atoms with Crippen LogP contribution in [0.5, 0.6) is 0 Å². The van der Waals surface area contributed by atoms with Crippen LogP contribution in [-0.4, -0.2) is 65.1 Å². The highest BCUT2D eigenvalue weighted by Gasteiger charge is 2.19. The van der Waals surface area contributed by atoms with Gasteiger partial charge in [0.1, 0.15) is 0 Å². The van der Waals surface area contributed by atoms with Crippen molar-refractivity contribution in [2.75, 3.05) is 39.3 Å². The number of nitrogens with one attached hydrogen (secondary N) is 2. The molecule has 2 N–H and O–H groups in total. The summed E-state index contributed by atoms with van der Waals surface area (Å²) in [7, 11) is 0. The fraction of sp³-hybridized carbons (Fsp3) is 0.471. The summed E-state index contributed by atoms with van der Waals surface area (Å²) in [5.74, 6) is -0.180. The lowest BCUT2D eigenvalue weighted by molar-refractivity contribution is 0.0941. The maximum atomic E-state index is 12.5. The smallest absolute Gasteiger partial charge is 0.273 e. The Balaban J connectivity index is 0.00000243. The van der Waals surface area contributed by atoms with Gasteiger partial charge in [-0.2, -0.15) is 0 Å². The Kier molecular flexibility index (Phi) is 7.84. The van der Waals surface area contributed by atoms with E-state index in [-0.39, 0.29) is 18.3 Å². The number of rotatable bonds is 6. The zero-order chi connectivity index (χ0) is 17.6. The first-order chi connectivity index (χ1) is 12.2. The van der Waals surface area contributed by atoms with E-state index in [9.17, 15) is 4.79 Å². The Bertz CT molecular complexity index is 730. The number of hydrogen-bond donors (Lipinski definition) is 2. The molecule has 1 aliphatic rings. The summed E-state index contributed by atoms with van der Waals surface area (Å²) in [6, 6.07) is 7.36. The predicted octanol–water partition coefficient (Wildman–Crippen LogP) is 1.54. The number of piperazine rings is 1. The molecule has 2 aromatic rings. The molecular formula is C17H24Cl2N6O. The number of benzene rings is 1. The predicted molar refractivity (Wildman–Crippen MR) is 105 cm³/mol. The van der Waals surface area contributed by atoms with Gasteiger partial charge < -0.3 is 10.6 Å². The van der Waals surface area contributed by atoms with Crippen molar-refractivity contribution in [2.24, 2.45) is 0 Å². The van der Waals surface area contributed by atoms with Gasteiger partial charge in [0.15, 0.2) is 5.69 Å². The summed E-state index contributed by atoms with van der Waals surface area (Å²) in [6.07, 6.45) is 0.653. The molecule has 1 aliphatic heterocycles. The maximum Gasteiger partial charge on any atom is 0.273 e. The van der Waals surface area contributed by atoms with Crippen molar-refractivity contribution in [3.05, 3.63) is 40.7 Å². The van der Waals surface area contributed by atoms with Gasteiger partial charge in [0.05, 0.1) is 11.4 Å². The number of amides is 1. The largest absolute Gasteiger partial charge is 0.349 e. The molecule has 1 aromatic carbocycles. The van der Waals surface area contributed by atoms with E-state index in [1.54, 1.807) is 10.7 Å². The fourth-order valence-electron chi connectivity index (χ4n) is 2.96. The Labute approximate surface area is 164 Å². The van der Waals surface area contributed by atoms with Gasteiger partial charge in [-0.15, -0.1) is 17.5 Å². The first-order valence-electron chi connectivity index (χ1n) is 8.61. The zero-order valence-electron chi connectivity index (χ0n) is 14.7. The lowest BCUT2D eigenvalue weighted by Gasteiger charge is -2.26. The monoisotopic (exact) mass is 398 g/mol. The molecule has 0 aliphatic carbocycles. The molecule has 3 rings (SSSR count). The summed E-state index contributed by atoms with van der Waals surface area (Å²) >= 11 is 6.05. The lowest BCUT2D eigenvalue weighted by Crippen LogP contribution is -2.46. The first-order valence-corrected chi connectivity index (χ1v) is 8.98. The van der Waals surface area contributed by atoms with E-state index in [1.807, 2.05) is 25.1 Å². The molecule has 1 amide bonds. The van der Waals surface area contributed by atoms with E-state index in [0.717, 1.165) is 44.1 Å². The minimum absolute atomic E-state index is 0. The van der Waals surface area contributed by atoms with Crippen LogP contribution >= 0.6 is 24.0 Å². The Morgan fingerprint density at radius 1 is 1.35 bits per heavy atom. The second-order valence-corrected chi connectivity index (χ2v) is 6.41. The number of carbonyl (C=O) groups is 1. The summed E-state index contributed by atoms with van der Waals surface area (Å²) in [6.45, 7) is 7.46. The van der Waals surface area contributed by atoms with Crippen LogP contribution in [0.1, 0.15) is 23.1 Å². The van der Waals surface area contributed by atoms with Gasteiger partial charge >= 0.3 is 0 Å². The van der Waals surface area contributed by atoms with Crippen LogP contribution in [0, 0.1) is 0 Å². The highest BCUT2D eigenvalue weighted by atomic mass is 35.5. The summed E-state index contributed by atoms with van der Waals surface area (Å²) in [5, 5.41) is 15.1. The maximum absolute atomic E-state index is 12.5. The molecule has 2 heterocycles. The molecule has 0 atom stereocenters. The average molecular weight is 399 g/mol. The van der Waals surface area contributed by atoms with Crippen molar-refractivity contribution < 1.29 is 4.79 Å². The van der Waals surface area contributed by atoms with Crippen molar-refractivity contribution >= 4 is 29.9 Å². The van der Waals surface area contributed by atoms with Crippen molar-refractivity contribution in [2.45, 2.75) is 13.3 Å². The summed E-state index contributed by atoms with van der Waals surface area (Å²) in [4.78, 5) is 14.8. The number of hydrogen-bond acceptors (Lipinski definition) is 5. The molecule has 0 spiro atoms. The summed E-state index contributed by atoms with van der Waals surface area (Å²) in [5.41, 5.74) is 1.96. The molecule has 1 aromatic heterocycles. The third kappa shape index (κ3) is 4.94. The molecule has 0 radical (unpaired) electrons. The average Bonchev–Trinajstić information content (AvgIpc) is 3.06. The van der Waals surface area contributed by atoms with Gasteiger partial charge in [0, 0.05) is 44.3 Å². The lowest BCUT2D eigenvalue weighted by atomic mass is 10.2. The Morgan fingerprint density at radius 2 is 2.12 bits per heavy atom. The molecule has 0 unspecified atom stereocenters. The normalized spacial score (nSPS) is 14.7. The van der Waals surface area contributed by atoms with Crippen molar-refractivity contribution in [3.63, 3.8) is 0 Å². The van der Waals surface area contributed by atoms with E-state index < -0.39 is 0 Å². The van der Waals surface area contributed by atoms with E-state index in [4.69, 9.17) is 11.6 Å². The first kappa shape index (κ1) is 20.6. The quantitative estimate of drug-likeness (QED) is 0.771. The van der Waals surface area contributed by atoms with Crippen LogP contribution in [0.25, 0.3) is 5.69 Å². The van der Waals surface area contributed by atoms with Crippen LogP contribution in [0.2, 0.25) is 5.02 Å². The Hall–Kier alpha value is -1.67. The van der Waals surface area contributed by atoms with Crippen LogP contribution in [0.15, 0.2) is 24.3 Å².